The van der Waals surface area contributed by atoms with E-state index in [1.807, 2.05) is 14.2 Å². The maximum atomic E-state index is 3.12. The highest BCUT2D eigenvalue weighted by Crippen LogP contribution is 1.79. The fraction of sp³-hybridized carbons (Fsp3) is 1.00. The molecule has 0 atom stereocenters. The molecule has 0 rings (SSSR count). The first-order valence-electron chi connectivity index (χ1n) is 2.93. The third kappa shape index (κ3) is 6.02. The Morgan fingerprint density at radius 3 is 2.71 bits per heavy atom. The first-order valence-corrected chi connectivity index (χ1v) is 2.93. The van der Waals surface area contributed by atoms with Gasteiger partial charge in [-0.1, -0.05) is 20.2 Å². The predicted octanol–water partition coefficient (Wildman–Crippen LogP) is 1.04. The Morgan fingerprint density at radius 2 is 2.29 bits per heavy atom. The zero-order chi connectivity index (χ0) is 5.54. The summed E-state index contributed by atoms with van der Waals surface area (Å²) in [6.07, 6.45) is 2.56. The molecule has 1 N–H and O–H groups in total. The maximum absolute atomic E-state index is 3.12. The van der Waals surface area contributed by atoms with Crippen LogP contribution in [-0.4, -0.2) is 14.0 Å². The molecule has 0 bridgehead atoms. The van der Waals surface area contributed by atoms with Gasteiger partial charge in [0.05, 0.1) is 0 Å². The van der Waals surface area contributed by atoms with Crippen molar-refractivity contribution in [2.45, 2.75) is 26.6 Å². The topological polar surface area (TPSA) is 12.0 Å². The van der Waals surface area contributed by atoms with Gasteiger partial charge in [-0.25, -0.2) is 0 Å². The predicted molar refractivity (Wildman–Crippen MR) is 34.5 cm³/mol. The first kappa shape index (κ1) is 7.02. The van der Waals surface area contributed by atoms with Gasteiger partial charge in [0.2, 0.25) is 7.41 Å². The monoisotopic (exact) mass is 98.1 g/mol. The first-order chi connectivity index (χ1) is 3.41. The van der Waals surface area contributed by atoms with E-state index in [-0.39, 0.29) is 0 Å². The minimum absolute atomic E-state index is 1.13. The van der Waals surface area contributed by atoms with E-state index in [0.29, 0.717) is 0 Å². The van der Waals surface area contributed by atoms with E-state index in [1.54, 1.807) is 0 Å². The van der Waals surface area contributed by atoms with Crippen molar-refractivity contribution in [3.63, 3.8) is 0 Å². The molecule has 0 aliphatic heterocycles. The number of rotatable bonds is 4. The zero-order valence-electron chi connectivity index (χ0n) is 5.20. The summed E-state index contributed by atoms with van der Waals surface area (Å²) < 4.78 is 0. The average Bonchev–Trinajstić information content (AvgIpc) is 1.69. The lowest BCUT2D eigenvalue weighted by atomic mass is 10.0. The Labute approximate surface area is 46.8 Å². The van der Waals surface area contributed by atoms with E-state index < -0.39 is 0 Å². The molecule has 0 aliphatic carbocycles. The van der Waals surface area contributed by atoms with Gasteiger partial charge >= 0.3 is 0 Å². The summed E-state index contributed by atoms with van der Waals surface area (Å²) >= 11 is 0. The van der Waals surface area contributed by atoms with Crippen molar-refractivity contribution in [3.8, 4) is 0 Å². The fourth-order valence-corrected chi connectivity index (χ4v) is 0.423. The van der Waals surface area contributed by atoms with Crippen LogP contribution in [0.2, 0.25) is 6.82 Å². The van der Waals surface area contributed by atoms with Gasteiger partial charge in [0, 0.05) is 0 Å². The highest BCUT2D eigenvalue weighted by atomic mass is 14.7. The van der Waals surface area contributed by atoms with Crippen molar-refractivity contribution < 1.29 is 0 Å². The molecule has 0 fully saturated rings. The van der Waals surface area contributed by atoms with E-state index >= 15 is 0 Å². The highest BCUT2D eigenvalue weighted by molar-refractivity contribution is 6.29. The van der Waals surface area contributed by atoms with Crippen molar-refractivity contribution in [1.29, 1.82) is 0 Å². The van der Waals surface area contributed by atoms with Gasteiger partial charge in [0.15, 0.2) is 0 Å². The Kier molecular flexibility index (Phi) is 6.05. The minimum atomic E-state index is 1.13. The number of hydrogen-bond acceptors (Lipinski definition) is 1. The minimum Gasteiger partial charge on any atom is -0.360 e. The molecule has 0 spiro atoms. The van der Waals surface area contributed by atoms with Crippen molar-refractivity contribution in [2.24, 2.45) is 0 Å². The molecule has 0 unspecified atom stereocenters. The lowest BCUT2D eigenvalue weighted by Gasteiger charge is -1.94. The molecule has 0 heterocycles. The van der Waals surface area contributed by atoms with Gasteiger partial charge in [-0.15, -0.1) is 0 Å². The summed E-state index contributed by atoms with van der Waals surface area (Å²) in [5.74, 6) is 0. The number of hydrogen-bond donors (Lipinski definition) is 1. The molecule has 0 aromatic rings. The number of nitrogens with one attached hydrogen (secondary N) is 1. The fourth-order valence-electron chi connectivity index (χ4n) is 0.423. The van der Waals surface area contributed by atoms with Gasteiger partial charge in [-0.2, -0.15) is 0 Å². The van der Waals surface area contributed by atoms with Crippen molar-refractivity contribution in [2.75, 3.05) is 6.54 Å². The zero-order valence-corrected chi connectivity index (χ0v) is 5.20. The second-order valence-electron chi connectivity index (χ2n) is 1.60. The normalized spacial score (nSPS) is 8.86. The van der Waals surface area contributed by atoms with E-state index in [9.17, 15) is 0 Å². The van der Waals surface area contributed by atoms with Gasteiger partial charge in [-0.3, -0.25) is 0 Å². The lowest BCUT2D eigenvalue weighted by Crippen LogP contribution is -2.16. The van der Waals surface area contributed by atoms with Gasteiger partial charge in [0.25, 0.3) is 0 Å². The Balaban J connectivity index is 2.45. The van der Waals surface area contributed by atoms with Crippen LogP contribution in [0.3, 0.4) is 0 Å². The second-order valence-corrected chi connectivity index (χ2v) is 1.60. The van der Waals surface area contributed by atoms with Gasteiger partial charge in [-0.05, 0) is 13.0 Å². The summed E-state index contributed by atoms with van der Waals surface area (Å²) in [6.45, 7) is 5.33. The molecular weight excluding hydrogens is 84.9 g/mol. The highest BCUT2D eigenvalue weighted by Gasteiger charge is 1.79. The third-order valence-corrected chi connectivity index (χ3v) is 0.879. The molecule has 1 nitrogen and oxygen atoms in total. The van der Waals surface area contributed by atoms with Crippen LogP contribution in [0.15, 0.2) is 0 Å². The molecule has 0 saturated heterocycles. The summed E-state index contributed by atoms with van der Waals surface area (Å²) in [6, 6.07) is 0. The van der Waals surface area contributed by atoms with Crippen LogP contribution in [0.1, 0.15) is 19.8 Å². The largest absolute Gasteiger partial charge is 0.360 e. The van der Waals surface area contributed by atoms with Crippen molar-refractivity contribution >= 4 is 7.41 Å². The standard InChI is InChI=1S/C5H13BN/c1-3-4-5-7-6-2/h7H,3-5H2,1-2H3. The van der Waals surface area contributed by atoms with Crippen LogP contribution in [0.5, 0.6) is 0 Å². The second kappa shape index (κ2) is 6.02. The summed E-state index contributed by atoms with van der Waals surface area (Å²) in [7, 11) is 1.98. The van der Waals surface area contributed by atoms with E-state index in [4.69, 9.17) is 0 Å². The van der Waals surface area contributed by atoms with Gasteiger partial charge in [0.1, 0.15) is 0 Å². The summed E-state index contributed by atoms with van der Waals surface area (Å²) in [5, 5.41) is 3.12. The Morgan fingerprint density at radius 1 is 1.57 bits per heavy atom. The quantitative estimate of drug-likeness (QED) is 0.409. The van der Waals surface area contributed by atoms with Gasteiger partial charge < -0.3 is 5.23 Å². The van der Waals surface area contributed by atoms with E-state index in [2.05, 4.69) is 12.2 Å². The Hall–Kier alpha value is 0.0249. The van der Waals surface area contributed by atoms with Crippen LogP contribution in [0.4, 0.5) is 0 Å². The summed E-state index contributed by atoms with van der Waals surface area (Å²) in [4.78, 5) is 0. The molecule has 0 aliphatic rings. The molecule has 2 heteroatoms. The molecule has 0 amide bonds. The van der Waals surface area contributed by atoms with Crippen LogP contribution in [0.25, 0.3) is 0 Å². The van der Waals surface area contributed by atoms with Crippen molar-refractivity contribution in [1.82, 2.24) is 5.23 Å². The average molecular weight is 98.0 g/mol. The molecule has 0 saturated carbocycles. The molecule has 41 valence electrons. The molecule has 7 heavy (non-hydrogen) atoms. The van der Waals surface area contributed by atoms with Crippen LogP contribution >= 0.6 is 0 Å². The van der Waals surface area contributed by atoms with E-state index in [1.165, 1.54) is 12.8 Å². The summed E-state index contributed by atoms with van der Waals surface area (Å²) in [5.41, 5.74) is 0. The van der Waals surface area contributed by atoms with Crippen LogP contribution in [-0.2, 0) is 0 Å². The van der Waals surface area contributed by atoms with E-state index in [0.717, 1.165) is 6.54 Å². The third-order valence-electron chi connectivity index (χ3n) is 0.879. The maximum Gasteiger partial charge on any atom is 0.201 e. The lowest BCUT2D eigenvalue weighted by molar-refractivity contribution is 0.767. The molecule has 0 aromatic heterocycles. The Bertz CT molecular complexity index is 27.3. The smallest absolute Gasteiger partial charge is 0.201 e. The van der Waals surface area contributed by atoms with Crippen LogP contribution < -0.4 is 5.23 Å². The molecular formula is C5H13BN. The SMILES string of the molecule is C[B]NCCCC. The van der Waals surface area contributed by atoms with Crippen LogP contribution in [0, 0.1) is 0 Å². The molecule has 0 aromatic carbocycles. The molecule has 1 radical (unpaired) electrons. The van der Waals surface area contributed by atoms with Crippen molar-refractivity contribution in [3.05, 3.63) is 0 Å². The number of unbranched alkanes of at least 4 members (excludes halogenated alkanes) is 1.